The van der Waals surface area contributed by atoms with Crippen molar-refractivity contribution < 1.29 is 9.53 Å². The van der Waals surface area contributed by atoms with Gasteiger partial charge in [-0.25, -0.2) is 4.98 Å². The highest BCUT2D eigenvalue weighted by molar-refractivity contribution is 5.94. The van der Waals surface area contributed by atoms with Gasteiger partial charge in [-0.15, -0.1) is 24.8 Å². The minimum absolute atomic E-state index is 0. The van der Waals surface area contributed by atoms with Gasteiger partial charge in [-0.1, -0.05) is 6.07 Å². The second-order valence-electron chi connectivity index (χ2n) is 6.51. The lowest BCUT2D eigenvalue weighted by Crippen LogP contribution is -2.48. The fraction of sp³-hybridized carbons (Fsp3) is 0.400. The molecule has 0 aliphatic carbocycles. The third kappa shape index (κ3) is 6.55. The summed E-state index contributed by atoms with van der Waals surface area (Å²) in [5.41, 5.74) is 1.86. The summed E-state index contributed by atoms with van der Waals surface area (Å²) < 4.78 is 5.16. The van der Waals surface area contributed by atoms with Crippen molar-refractivity contribution in [3.63, 3.8) is 0 Å². The number of methoxy groups -OCH3 is 1. The summed E-state index contributed by atoms with van der Waals surface area (Å²) in [4.78, 5) is 21.4. The number of pyridine rings is 1. The zero-order chi connectivity index (χ0) is 18.4. The number of anilines is 1. The number of rotatable bonds is 6. The molecule has 3 rings (SSSR count). The number of aryl methyl sites for hydroxylation is 1. The zero-order valence-electron chi connectivity index (χ0n) is 16.3. The smallest absolute Gasteiger partial charge is 0.251 e. The first kappa shape index (κ1) is 24.0. The maximum atomic E-state index is 12.2. The number of benzene rings is 1. The van der Waals surface area contributed by atoms with Crippen molar-refractivity contribution in [2.75, 3.05) is 51.3 Å². The number of piperazine rings is 1. The number of carbonyl (C=O) groups is 1. The molecule has 6 nitrogen and oxygen atoms in total. The monoisotopic (exact) mass is 426 g/mol. The van der Waals surface area contributed by atoms with Gasteiger partial charge >= 0.3 is 0 Å². The molecule has 0 saturated carbocycles. The minimum Gasteiger partial charge on any atom is -0.497 e. The Kier molecular flexibility index (Phi) is 10.1. The SMILES string of the molecule is COc1cccc(C(=O)NCCN2CCN(c3cc(C)ccn3)CC2)c1.Cl.Cl. The molecule has 1 saturated heterocycles. The molecule has 0 radical (unpaired) electrons. The van der Waals surface area contributed by atoms with Crippen molar-refractivity contribution in [3.8, 4) is 5.75 Å². The zero-order valence-corrected chi connectivity index (χ0v) is 17.9. The second-order valence-corrected chi connectivity index (χ2v) is 6.51. The van der Waals surface area contributed by atoms with Gasteiger partial charge in [0.05, 0.1) is 7.11 Å². The van der Waals surface area contributed by atoms with E-state index in [2.05, 4.69) is 33.1 Å². The van der Waals surface area contributed by atoms with Crippen LogP contribution in [0.25, 0.3) is 0 Å². The molecule has 0 spiro atoms. The predicted octanol–water partition coefficient (Wildman–Crippen LogP) is 2.79. The van der Waals surface area contributed by atoms with Gasteiger partial charge in [0.1, 0.15) is 11.6 Å². The molecule has 1 amide bonds. The van der Waals surface area contributed by atoms with Gasteiger partial charge in [-0.3, -0.25) is 9.69 Å². The van der Waals surface area contributed by atoms with Crippen LogP contribution >= 0.6 is 24.8 Å². The van der Waals surface area contributed by atoms with Crippen LogP contribution in [0.1, 0.15) is 15.9 Å². The van der Waals surface area contributed by atoms with Gasteiger partial charge < -0.3 is 15.0 Å². The topological polar surface area (TPSA) is 57.7 Å². The molecule has 154 valence electrons. The first-order chi connectivity index (χ1) is 12.7. The van der Waals surface area contributed by atoms with Gasteiger partial charge in [0.2, 0.25) is 0 Å². The average molecular weight is 427 g/mol. The second kappa shape index (κ2) is 11.7. The summed E-state index contributed by atoms with van der Waals surface area (Å²) >= 11 is 0. The molecule has 1 aliphatic heterocycles. The van der Waals surface area contributed by atoms with E-state index < -0.39 is 0 Å². The molecule has 1 aromatic heterocycles. The summed E-state index contributed by atoms with van der Waals surface area (Å²) in [5, 5.41) is 2.99. The molecule has 0 unspecified atom stereocenters. The Morgan fingerprint density at radius 3 is 2.57 bits per heavy atom. The minimum atomic E-state index is -0.0634. The van der Waals surface area contributed by atoms with Crippen LogP contribution < -0.4 is 15.0 Å². The van der Waals surface area contributed by atoms with Gasteiger partial charge in [0.15, 0.2) is 0 Å². The summed E-state index contributed by atoms with van der Waals surface area (Å²) in [6.45, 7) is 7.45. The Morgan fingerprint density at radius 2 is 1.89 bits per heavy atom. The molecule has 28 heavy (non-hydrogen) atoms. The first-order valence-electron chi connectivity index (χ1n) is 8.98. The molecule has 1 N–H and O–H groups in total. The van der Waals surface area contributed by atoms with Gasteiger partial charge in [0, 0.05) is 51.0 Å². The fourth-order valence-electron chi connectivity index (χ4n) is 3.09. The number of nitrogens with zero attached hydrogens (tertiary/aromatic N) is 3. The lowest BCUT2D eigenvalue weighted by molar-refractivity contribution is 0.0947. The quantitative estimate of drug-likeness (QED) is 0.769. The maximum absolute atomic E-state index is 12.2. The average Bonchev–Trinajstić information content (AvgIpc) is 2.68. The maximum Gasteiger partial charge on any atom is 0.251 e. The van der Waals surface area contributed by atoms with E-state index in [0.29, 0.717) is 17.9 Å². The van der Waals surface area contributed by atoms with Crippen LogP contribution in [0.4, 0.5) is 5.82 Å². The third-order valence-electron chi connectivity index (χ3n) is 4.64. The normalized spacial score (nSPS) is 13.9. The van der Waals surface area contributed by atoms with E-state index in [1.165, 1.54) is 5.56 Å². The van der Waals surface area contributed by atoms with E-state index in [-0.39, 0.29) is 30.7 Å². The predicted molar refractivity (Wildman–Crippen MR) is 117 cm³/mol. The van der Waals surface area contributed by atoms with E-state index in [1.807, 2.05) is 24.4 Å². The number of aromatic nitrogens is 1. The molecule has 2 aromatic rings. The molecular formula is C20H28Cl2N4O2. The molecular weight excluding hydrogens is 399 g/mol. The van der Waals surface area contributed by atoms with Crippen LogP contribution in [0.5, 0.6) is 5.75 Å². The summed E-state index contributed by atoms with van der Waals surface area (Å²) in [7, 11) is 1.60. The number of hydrogen-bond acceptors (Lipinski definition) is 5. The first-order valence-corrected chi connectivity index (χ1v) is 8.98. The number of carbonyl (C=O) groups excluding carboxylic acids is 1. The van der Waals surface area contributed by atoms with Gasteiger partial charge in [-0.05, 0) is 42.8 Å². The van der Waals surface area contributed by atoms with Crippen LogP contribution in [-0.2, 0) is 0 Å². The van der Waals surface area contributed by atoms with Crippen LogP contribution in [0, 0.1) is 6.92 Å². The summed E-state index contributed by atoms with van der Waals surface area (Å²) in [5.74, 6) is 1.68. The lowest BCUT2D eigenvalue weighted by atomic mass is 10.2. The Bertz CT molecular complexity index is 752. The molecule has 1 aromatic carbocycles. The van der Waals surface area contributed by atoms with Crippen molar-refractivity contribution in [2.24, 2.45) is 0 Å². The van der Waals surface area contributed by atoms with Crippen LogP contribution in [0.3, 0.4) is 0 Å². The highest BCUT2D eigenvalue weighted by Gasteiger charge is 2.18. The largest absolute Gasteiger partial charge is 0.497 e. The number of hydrogen-bond donors (Lipinski definition) is 1. The molecule has 8 heteroatoms. The van der Waals surface area contributed by atoms with E-state index >= 15 is 0 Å². The Labute approximate surface area is 179 Å². The third-order valence-corrected chi connectivity index (χ3v) is 4.64. The summed E-state index contributed by atoms with van der Waals surface area (Å²) in [6, 6.07) is 11.4. The van der Waals surface area contributed by atoms with E-state index in [9.17, 15) is 4.79 Å². The molecule has 2 heterocycles. The number of nitrogens with one attached hydrogen (secondary N) is 1. The number of amides is 1. The number of halogens is 2. The van der Waals surface area contributed by atoms with Crippen molar-refractivity contribution >= 4 is 36.5 Å². The van der Waals surface area contributed by atoms with Crippen molar-refractivity contribution in [1.29, 1.82) is 0 Å². The van der Waals surface area contributed by atoms with Crippen LogP contribution in [0.2, 0.25) is 0 Å². The van der Waals surface area contributed by atoms with Crippen molar-refractivity contribution in [3.05, 3.63) is 53.7 Å². The van der Waals surface area contributed by atoms with E-state index in [4.69, 9.17) is 4.74 Å². The molecule has 0 atom stereocenters. The van der Waals surface area contributed by atoms with Crippen LogP contribution in [0.15, 0.2) is 42.6 Å². The summed E-state index contributed by atoms with van der Waals surface area (Å²) in [6.07, 6.45) is 1.87. The molecule has 1 aliphatic rings. The lowest BCUT2D eigenvalue weighted by Gasteiger charge is -2.35. The van der Waals surface area contributed by atoms with Gasteiger partial charge in [0.25, 0.3) is 5.91 Å². The van der Waals surface area contributed by atoms with E-state index in [1.54, 1.807) is 19.2 Å². The highest BCUT2D eigenvalue weighted by atomic mass is 35.5. The molecule has 0 bridgehead atoms. The Balaban J connectivity index is 0.00000196. The standard InChI is InChI=1S/C20H26N4O2.2ClH/c1-16-6-7-21-19(14-16)24-12-10-23(11-13-24)9-8-22-20(25)17-4-3-5-18(15-17)26-2;;/h3-7,14-15H,8-13H2,1-2H3,(H,22,25);2*1H. The Morgan fingerprint density at radius 1 is 1.14 bits per heavy atom. The fourth-order valence-corrected chi connectivity index (χ4v) is 3.09. The van der Waals surface area contributed by atoms with Crippen molar-refractivity contribution in [1.82, 2.24) is 15.2 Å². The Hall–Kier alpha value is -2.02. The van der Waals surface area contributed by atoms with E-state index in [0.717, 1.165) is 38.5 Å². The highest BCUT2D eigenvalue weighted by Crippen LogP contribution is 2.15. The van der Waals surface area contributed by atoms with Gasteiger partial charge in [-0.2, -0.15) is 0 Å². The number of ether oxygens (including phenoxy) is 1. The molecule has 1 fully saturated rings. The van der Waals surface area contributed by atoms with Crippen molar-refractivity contribution in [2.45, 2.75) is 6.92 Å². The van der Waals surface area contributed by atoms with Crippen LogP contribution in [-0.4, -0.2) is 62.2 Å².